The van der Waals surface area contributed by atoms with Gasteiger partial charge >= 0.3 is 0 Å². The molecule has 4 heterocycles. The number of amides is 1. The van der Waals surface area contributed by atoms with Crippen LogP contribution in [0.3, 0.4) is 0 Å². The minimum Gasteiger partial charge on any atom is -0.335 e. The van der Waals surface area contributed by atoms with Crippen molar-refractivity contribution in [3.63, 3.8) is 0 Å². The van der Waals surface area contributed by atoms with Gasteiger partial charge in [-0.3, -0.25) is 9.48 Å². The van der Waals surface area contributed by atoms with Crippen LogP contribution in [0.4, 0.5) is 5.95 Å². The van der Waals surface area contributed by atoms with Gasteiger partial charge in [0.2, 0.25) is 5.95 Å². The Bertz CT molecular complexity index is 749. The van der Waals surface area contributed by atoms with E-state index in [4.69, 9.17) is 0 Å². The van der Waals surface area contributed by atoms with Crippen LogP contribution >= 0.6 is 0 Å². The Hall–Kier alpha value is -2.48. The van der Waals surface area contributed by atoms with Crippen molar-refractivity contribution in [2.45, 2.75) is 13.1 Å². The van der Waals surface area contributed by atoms with Gasteiger partial charge in [-0.2, -0.15) is 5.10 Å². The van der Waals surface area contributed by atoms with Crippen molar-refractivity contribution in [2.24, 2.45) is 7.05 Å². The van der Waals surface area contributed by atoms with E-state index in [1.165, 1.54) is 0 Å². The smallest absolute Gasteiger partial charge is 0.274 e. The lowest BCUT2D eigenvalue weighted by Gasteiger charge is -2.32. The van der Waals surface area contributed by atoms with Crippen molar-refractivity contribution in [2.75, 3.05) is 38.1 Å². The Morgan fingerprint density at radius 3 is 2.46 bits per heavy atom. The van der Waals surface area contributed by atoms with Gasteiger partial charge in [-0.05, 0) is 13.1 Å². The molecule has 0 bridgehead atoms. The van der Waals surface area contributed by atoms with Gasteiger partial charge in [0.05, 0.1) is 18.8 Å². The van der Waals surface area contributed by atoms with Crippen LogP contribution in [0.1, 0.15) is 21.7 Å². The summed E-state index contributed by atoms with van der Waals surface area (Å²) in [6, 6.07) is 1.80. The van der Waals surface area contributed by atoms with Crippen molar-refractivity contribution < 1.29 is 4.79 Å². The molecule has 0 aliphatic carbocycles. The number of fused-ring (bicyclic) bond motifs is 1. The van der Waals surface area contributed by atoms with Crippen LogP contribution in [0.15, 0.2) is 18.5 Å². The van der Waals surface area contributed by atoms with Crippen molar-refractivity contribution in [1.29, 1.82) is 0 Å². The van der Waals surface area contributed by atoms with E-state index >= 15 is 0 Å². The van der Waals surface area contributed by atoms with Crippen LogP contribution in [0.2, 0.25) is 0 Å². The number of hydrogen-bond acceptors (Lipinski definition) is 6. The molecule has 0 unspecified atom stereocenters. The first-order chi connectivity index (χ1) is 11.6. The Morgan fingerprint density at radius 1 is 1.04 bits per heavy atom. The highest BCUT2D eigenvalue weighted by molar-refractivity contribution is 5.94. The van der Waals surface area contributed by atoms with Crippen molar-refractivity contribution in [1.82, 2.24) is 29.5 Å². The molecule has 0 N–H and O–H groups in total. The summed E-state index contributed by atoms with van der Waals surface area (Å²) < 4.78 is 1.82. The van der Waals surface area contributed by atoms with Gasteiger partial charge in [0.1, 0.15) is 0 Å². The lowest BCUT2D eigenvalue weighted by atomic mass is 10.2. The molecule has 0 aromatic carbocycles. The van der Waals surface area contributed by atoms with Gasteiger partial charge in [-0.15, -0.1) is 0 Å². The average Bonchev–Trinajstić information content (AvgIpc) is 3.17. The highest BCUT2D eigenvalue weighted by Crippen LogP contribution is 2.28. The molecule has 8 heteroatoms. The number of rotatable bonds is 2. The predicted octanol–water partition coefficient (Wildman–Crippen LogP) is 0.118. The number of aryl methyl sites for hydroxylation is 1. The SMILES string of the molecule is CN1CCN(C(=O)c2nn(C)c3c2CN(c2ncccn2)C3)CC1. The summed E-state index contributed by atoms with van der Waals surface area (Å²) >= 11 is 0. The van der Waals surface area contributed by atoms with Crippen LogP contribution in [-0.2, 0) is 20.1 Å². The highest BCUT2D eigenvalue weighted by atomic mass is 16.2. The van der Waals surface area contributed by atoms with Crippen LogP contribution < -0.4 is 4.90 Å². The normalized spacial score (nSPS) is 18.1. The van der Waals surface area contributed by atoms with E-state index in [9.17, 15) is 4.79 Å². The maximum absolute atomic E-state index is 12.9. The van der Waals surface area contributed by atoms with E-state index < -0.39 is 0 Å². The van der Waals surface area contributed by atoms with E-state index in [1.807, 2.05) is 16.6 Å². The van der Waals surface area contributed by atoms with Gasteiger partial charge < -0.3 is 14.7 Å². The molecule has 0 spiro atoms. The van der Waals surface area contributed by atoms with E-state index in [-0.39, 0.29) is 5.91 Å². The largest absolute Gasteiger partial charge is 0.335 e. The predicted molar refractivity (Wildman–Crippen MR) is 88.5 cm³/mol. The molecule has 8 nitrogen and oxygen atoms in total. The fourth-order valence-electron chi connectivity index (χ4n) is 3.32. The zero-order chi connectivity index (χ0) is 16.7. The van der Waals surface area contributed by atoms with Crippen LogP contribution in [-0.4, -0.2) is 68.7 Å². The molecular weight excluding hydrogens is 306 g/mol. The molecule has 0 saturated carbocycles. The fraction of sp³-hybridized carbons (Fsp3) is 0.500. The molecule has 1 fully saturated rings. The summed E-state index contributed by atoms with van der Waals surface area (Å²) in [6.07, 6.45) is 3.47. The second-order valence-corrected chi connectivity index (χ2v) is 6.40. The van der Waals surface area contributed by atoms with E-state index in [0.29, 0.717) is 24.7 Å². The summed E-state index contributed by atoms with van der Waals surface area (Å²) in [6.45, 7) is 4.63. The topological polar surface area (TPSA) is 70.4 Å². The zero-order valence-electron chi connectivity index (χ0n) is 14.0. The Morgan fingerprint density at radius 2 is 1.75 bits per heavy atom. The number of piperazine rings is 1. The van der Waals surface area contributed by atoms with Crippen LogP contribution in [0, 0.1) is 0 Å². The third-order valence-electron chi connectivity index (χ3n) is 4.79. The average molecular weight is 327 g/mol. The zero-order valence-corrected chi connectivity index (χ0v) is 14.0. The summed E-state index contributed by atoms with van der Waals surface area (Å²) in [5.41, 5.74) is 2.66. The highest BCUT2D eigenvalue weighted by Gasteiger charge is 2.33. The van der Waals surface area contributed by atoms with Gasteiger partial charge in [-0.25, -0.2) is 9.97 Å². The Kier molecular flexibility index (Phi) is 3.68. The summed E-state index contributed by atoms with van der Waals surface area (Å²) in [5, 5.41) is 4.50. The molecule has 2 aliphatic rings. The second kappa shape index (κ2) is 5.86. The standard InChI is InChI=1S/C16H21N7O/c1-20-6-8-22(9-7-20)15(24)14-12-10-23(11-13(12)21(2)19-14)16-17-4-3-5-18-16/h3-5H,6-11H2,1-2H3. The number of carbonyl (C=O) groups is 1. The number of carbonyl (C=O) groups excluding carboxylic acids is 1. The number of likely N-dealkylation sites (N-methyl/N-ethyl adjacent to an activating group) is 1. The number of aromatic nitrogens is 4. The Labute approximate surface area is 140 Å². The first-order valence-electron chi connectivity index (χ1n) is 8.18. The van der Waals surface area contributed by atoms with Gasteiger partial charge in [0.15, 0.2) is 5.69 Å². The number of hydrogen-bond donors (Lipinski definition) is 0. The maximum Gasteiger partial charge on any atom is 0.274 e. The molecule has 1 saturated heterocycles. The fourth-order valence-corrected chi connectivity index (χ4v) is 3.32. The summed E-state index contributed by atoms with van der Waals surface area (Å²) in [7, 11) is 3.98. The van der Waals surface area contributed by atoms with Crippen molar-refractivity contribution in [3.8, 4) is 0 Å². The quantitative estimate of drug-likeness (QED) is 0.780. The molecule has 1 amide bonds. The molecule has 4 rings (SSSR count). The van der Waals surface area contributed by atoms with E-state index in [1.54, 1.807) is 18.5 Å². The molecule has 2 aromatic rings. The molecule has 2 aliphatic heterocycles. The van der Waals surface area contributed by atoms with E-state index in [2.05, 4.69) is 31.9 Å². The molecule has 24 heavy (non-hydrogen) atoms. The number of anilines is 1. The minimum atomic E-state index is 0.0378. The van der Waals surface area contributed by atoms with Gasteiger partial charge in [0, 0.05) is 51.2 Å². The lowest BCUT2D eigenvalue weighted by Crippen LogP contribution is -2.47. The van der Waals surface area contributed by atoms with Crippen molar-refractivity contribution in [3.05, 3.63) is 35.4 Å². The Balaban J connectivity index is 1.58. The van der Waals surface area contributed by atoms with Crippen LogP contribution in [0.5, 0.6) is 0 Å². The first-order valence-corrected chi connectivity index (χ1v) is 8.18. The van der Waals surface area contributed by atoms with Gasteiger partial charge in [-0.1, -0.05) is 0 Å². The molecule has 0 atom stereocenters. The van der Waals surface area contributed by atoms with Crippen LogP contribution in [0.25, 0.3) is 0 Å². The maximum atomic E-state index is 12.9. The monoisotopic (exact) mass is 327 g/mol. The molecule has 126 valence electrons. The third-order valence-corrected chi connectivity index (χ3v) is 4.79. The lowest BCUT2D eigenvalue weighted by molar-refractivity contribution is 0.0656. The van der Waals surface area contributed by atoms with E-state index in [0.717, 1.165) is 37.4 Å². The number of nitrogens with zero attached hydrogens (tertiary/aromatic N) is 7. The molecular formula is C16H21N7O. The summed E-state index contributed by atoms with van der Waals surface area (Å²) in [4.78, 5) is 27.7. The van der Waals surface area contributed by atoms with Crippen molar-refractivity contribution >= 4 is 11.9 Å². The molecule has 2 aromatic heterocycles. The second-order valence-electron chi connectivity index (χ2n) is 6.40. The minimum absolute atomic E-state index is 0.0378. The molecule has 0 radical (unpaired) electrons. The summed E-state index contributed by atoms with van der Waals surface area (Å²) in [5.74, 6) is 0.725. The van der Waals surface area contributed by atoms with Gasteiger partial charge in [0.25, 0.3) is 5.91 Å². The third kappa shape index (κ3) is 2.52. The first kappa shape index (κ1) is 15.1.